The molecule has 2 aliphatic rings. The largest absolute Gasteiger partial charge is 0.507 e. The second kappa shape index (κ2) is 8.56. The van der Waals surface area contributed by atoms with E-state index in [1.54, 1.807) is 41.3 Å². The van der Waals surface area contributed by atoms with Gasteiger partial charge in [-0.25, -0.2) is 0 Å². The van der Waals surface area contributed by atoms with Gasteiger partial charge in [-0.3, -0.25) is 9.59 Å². The van der Waals surface area contributed by atoms with E-state index in [1.165, 1.54) is 7.11 Å². The van der Waals surface area contributed by atoms with Crippen LogP contribution in [0.2, 0.25) is 10.0 Å². The Labute approximate surface area is 191 Å². The lowest BCUT2D eigenvalue weighted by Gasteiger charge is -2.30. The number of likely N-dealkylation sites (tertiary alicyclic amines) is 1. The minimum Gasteiger partial charge on any atom is -0.507 e. The molecule has 31 heavy (non-hydrogen) atoms. The third-order valence-electron chi connectivity index (χ3n) is 6.03. The summed E-state index contributed by atoms with van der Waals surface area (Å²) >= 11 is 12.4. The average Bonchev–Trinajstić information content (AvgIpc) is 3.35. The standard InChI is InChI=1S/C24H23Cl2NO4/c1-13-11-17(23(31-2)18(26)12-13)21(28)19-20(14-7-9-15(25)10-8-14)27(24(30)22(19)29)16-5-3-4-6-16/h7-12,16,20,28H,3-6H2,1-2H3/b21-19+. The predicted octanol–water partition coefficient (Wildman–Crippen LogP) is 5.67. The first-order valence-corrected chi connectivity index (χ1v) is 11.0. The molecule has 0 radical (unpaired) electrons. The number of hydrogen-bond donors (Lipinski definition) is 1. The van der Waals surface area contributed by atoms with Crippen molar-refractivity contribution in [3.63, 3.8) is 0 Å². The molecule has 1 unspecified atom stereocenters. The van der Waals surface area contributed by atoms with Crippen LogP contribution in [-0.4, -0.2) is 34.8 Å². The maximum Gasteiger partial charge on any atom is 0.295 e. The minimum atomic E-state index is -0.705. The summed E-state index contributed by atoms with van der Waals surface area (Å²) in [5, 5.41) is 12.2. The first kappa shape index (κ1) is 21.7. The number of benzene rings is 2. The van der Waals surface area contributed by atoms with E-state index in [0.29, 0.717) is 10.0 Å². The van der Waals surface area contributed by atoms with E-state index in [2.05, 4.69) is 0 Å². The van der Waals surface area contributed by atoms with Gasteiger partial charge in [0.1, 0.15) is 11.5 Å². The van der Waals surface area contributed by atoms with Gasteiger partial charge < -0.3 is 14.7 Å². The van der Waals surface area contributed by atoms with E-state index < -0.39 is 17.7 Å². The van der Waals surface area contributed by atoms with Gasteiger partial charge in [0.15, 0.2) is 0 Å². The topological polar surface area (TPSA) is 66.8 Å². The number of aliphatic hydroxyl groups is 1. The summed E-state index contributed by atoms with van der Waals surface area (Å²) in [7, 11) is 1.45. The summed E-state index contributed by atoms with van der Waals surface area (Å²) in [6.07, 6.45) is 3.66. The van der Waals surface area contributed by atoms with Gasteiger partial charge in [0.05, 0.1) is 29.3 Å². The Hall–Kier alpha value is -2.50. The van der Waals surface area contributed by atoms with Crippen molar-refractivity contribution in [1.29, 1.82) is 0 Å². The number of aliphatic hydroxyl groups excluding tert-OH is 1. The molecule has 1 atom stereocenters. The number of carbonyl (C=O) groups is 2. The molecule has 2 aromatic rings. The molecule has 162 valence electrons. The first-order chi connectivity index (χ1) is 14.8. The molecule has 1 N–H and O–H groups in total. The maximum atomic E-state index is 13.2. The van der Waals surface area contributed by atoms with Crippen LogP contribution in [0.5, 0.6) is 5.75 Å². The van der Waals surface area contributed by atoms with E-state index >= 15 is 0 Å². The fraction of sp³-hybridized carbons (Fsp3) is 0.333. The molecule has 1 aliphatic carbocycles. The van der Waals surface area contributed by atoms with Gasteiger partial charge in [0.2, 0.25) is 0 Å². The number of amides is 1. The van der Waals surface area contributed by atoms with Gasteiger partial charge in [0, 0.05) is 11.1 Å². The number of nitrogens with zero attached hydrogens (tertiary/aromatic N) is 1. The fourth-order valence-electron chi connectivity index (χ4n) is 4.64. The summed E-state index contributed by atoms with van der Waals surface area (Å²) in [5.74, 6) is -1.33. The Balaban J connectivity index is 1.95. The Morgan fingerprint density at radius 3 is 2.35 bits per heavy atom. The van der Waals surface area contributed by atoms with Crippen LogP contribution in [0, 0.1) is 6.92 Å². The number of rotatable bonds is 4. The summed E-state index contributed by atoms with van der Waals surface area (Å²) in [4.78, 5) is 28.0. The van der Waals surface area contributed by atoms with Gasteiger partial charge in [-0.1, -0.05) is 48.2 Å². The lowest BCUT2D eigenvalue weighted by atomic mass is 9.94. The van der Waals surface area contributed by atoms with Crippen LogP contribution >= 0.6 is 23.2 Å². The average molecular weight is 460 g/mol. The molecule has 5 nitrogen and oxygen atoms in total. The van der Waals surface area contributed by atoms with Crippen molar-refractivity contribution in [3.05, 3.63) is 68.7 Å². The molecule has 0 aromatic heterocycles. The van der Waals surface area contributed by atoms with Crippen molar-refractivity contribution in [2.45, 2.75) is 44.7 Å². The summed E-state index contributed by atoms with van der Waals surface area (Å²) < 4.78 is 5.40. The molecular weight excluding hydrogens is 437 g/mol. The van der Waals surface area contributed by atoms with E-state index in [0.717, 1.165) is 36.8 Å². The van der Waals surface area contributed by atoms with Gasteiger partial charge in [-0.2, -0.15) is 0 Å². The first-order valence-electron chi connectivity index (χ1n) is 10.2. The van der Waals surface area contributed by atoms with Crippen LogP contribution in [0.25, 0.3) is 5.76 Å². The SMILES string of the molecule is COc1c(Cl)cc(C)cc1/C(O)=C1\C(=O)C(=O)N(C2CCCC2)C1c1ccc(Cl)cc1. The highest BCUT2D eigenvalue weighted by Crippen LogP contribution is 2.45. The highest BCUT2D eigenvalue weighted by Gasteiger charge is 2.49. The molecule has 1 heterocycles. The molecule has 7 heteroatoms. The zero-order valence-electron chi connectivity index (χ0n) is 17.3. The Morgan fingerprint density at radius 2 is 1.74 bits per heavy atom. The Bertz CT molecular complexity index is 1070. The smallest absolute Gasteiger partial charge is 0.295 e. The molecule has 0 bridgehead atoms. The van der Waals surface area contributed by atoms with Gasteiger partial charge in [-0.05, 0) is 55.2 Å². The minimum absolute atomic E-state index is 0.0409. The van der Waals surface area contributed by atoms with Crippen molar-refractivity contribution in [1.82, 2.24) is 4.90 Å². The van der Waals surface area contributed by atoms with E-state index in [-0.39, 0.29) is 28.7 Å². The van der Waals surface area contributed by atoms with E-state index in [1.807, 2.05) is 6.92 Å². The number of ketones is 1. The zero-order valence-corrected chi connectivity index (χ0v) is 18.8. The zero-order chi connectivity index (χ0) is 22.3. The number of ether oxygens (including phenoxy) is 1. The number of Topliss-reactive ketones (excluding diaryl/α,β-unsaturated/α-hetero) is 1. The molecule has 2 aromatic carbocycles. The van der Waals surface area contributed by atoms with Crippen LogP contribution in [0.1, 0.15) is 48.4 Å². The van der Waals surface area contributed by atoms with Gasteiger partial charge >= 0.3 is 0 Å². The number of carbonyl (C=O) groups excluding carboxylic acids is 2. The number of hydrogen-bond acceptors (Lipinski definition) is 4. The van der Waals surface area contributed by atoms with Crippen LogP contribution in [0.4, 0.5) is 0 Å². The monoisotopic (exact) mass is 459 g/mol. The lowest BCUT2D eigenvalue weighted by molar-refractivity contribution is -0.141. The van der Waals surface area contributed by atoms with Crippen molar-refractivity contribution in [3.8, 4) is 5.75 Å². The van der Waals surface area contributed by atoms with Crippen LogP contribution in [0.3, 0.4) is 0 Å². The van der Waals surface area contributed by atoms with Crippen molar-refractivity contribution in [2.75, 3.05) is 7.11 Å². The Morgan fingerprint density at radius 1 is 1.10 bits per heavy atom. The molecule has 1 saturated carbocycles. The van der Waals surface area contributed by atoms with Crippen LogP contribution in [-0.2, 0) is 9.59 Å². The van der Waals surface area contributed by atoms with Crippen molar-refractivity contribution >= 4 is 40.7 Å². The Kier molecular flexibility index (Phi) is 6.00. The van der Waals surface area contributed by atoms with Crippen molar-refractivity contribution in [2.24, 2.45) is 0 Å². The third-order valence-corrected chi connectivity index (χ3v) is 6.56. The van der Waals surface area contributed by atoms with Crippen LogP contribution < -0.4 is 4.74 Å². The predicted molar refractivity (Wildman–Crippen MR) is 121 cm³/mol. The number of halogens is 2. The molecule has 1 amide bonds. The normalized spacial score (nSPS) is 21.2. The molecule has 4 rings (SSSR count). The summed E-state index contributed by atoms with van der Waals surface area (Å²) in [5.41, 5.74) is 1.84. The molecular formula is C24H23Cl2NO4. The maximum absolute atomic E-state index is 13.2. The second-order valence-corrected chi connectivity index (χ2v) is 8.87. The lowest BCUT2D eigenvalue weighted by Crippen LogP contribution is -2.37. The summed E-state index contributed by atoms with van der Waals surface area (Å²) in [6.45, 7) is 1.83. The quantitative estimate of drug-likeness (QED) is 0.363. The summed E-state index contributed by atoms with van der Waals surface area (Å²) in [6, 6.07) is 9.66. The third kappa shape index (κ3) is 3.81. The molecule has 1 aliphatic heterocycles. The highest BCUT2D eigenvalue weighted by molar-refractivity contribution is 6.46. The number of methoxy groups -OCH3 is 1. The molecule has 1 saturated heterocycles. The van der Waals surface area contributed by atoms with Crippen molar-refractivity contribution < 1.29 is 19.4 Å². The van der Waals surface area contributed by atoms with E-state index in [4.69, 9.17) is 27.9 Å². The van der Waals surface area contributed by atoms with Crippen LogP contribution in [0.15, 0.2) is 42.0 Å². The molecule has 2 fully saturated rings. The highest BCUT2D eigenvalue weighted by atomic mass is 35.5. The molecule has 0 spiro atoms. The second-order valence-electron chi connectivity index (χ2n) is 8.02. The van der Waals surface area contributed by atoms with Gasteiger partial charge in [0.25, 0.3) is 11.7 Å². The number of aryl methyl sites for hydroxylation is 1. The van der Waals surface area contributed by atoms with Gasteiger partial charge in [-0.15, -0.1) is 0 Å². The van der Waals surface area contributed by atoms with E-state index in [9.17, 15) is 14.7 Å². The fourth-order valence-corrected chi connectivity index (χ4v) is 5.12.